The standard InChI is InChI=1S/C14H11N6/c15-19-17-13(11-7-3-1-4-8-11)14(18-20-16)12-9-5-2-6-10-12/h1-10,13H/t13-/m1/s1. The van der Waals surface area contributed by atoms with Crippen LogP contribution >= 0.6 is 0 Å². The molecule has 1 atom stereocenters. The fraction of sp³-hybridized carbons (Fsp3) is 0.0714. The van der Waals surface area contributed by atoms with Gasteiger partial charge in [0, 0.05) is 9.82 Å². The minimum atomic E-state index is -0.653. The molecule has 2 aromatic carbocycles. The predicted octanol–water partition coefficient (Wildman–Crippen LogP) is 4.93. The van der Waals surface area contributed by atoms with Gasteiger partial charge in [-0.15, -0.1) is 0 Å². The van der Waals surface area contributed by atoms with Gasteiger partial charge in [0.1, 0.15) is 6.04 Å². The summed E-state index contributed by atoms with van der Waals surface area (Å²) in [6.45, 7) is 0. The first-order chi connectivity index (χ1) is 9.86. The zero-order valence-corrected chi connectivity index (χ0v) is 10.5. The monoisotopic (exact) mass is 263 g/mol. The van der Waals surface area contributed by atoms with Crippen molar-refractivity contribution in [2.45, 2.75) is 6.04 Å². The molecule has 0 N–H and O–H groups in total. The lowest BCUT2D eigenvalue weighted by molar-refractivity contribution is 0.734. The summed E-state index contributed by atoms with van der Waals surface area (Å²) in [6, 6.07) is 18.1. The van der Waals surface area contributed by atoms with Crippen LogP contribution in [0.2, 0.25) is 0 Å². The molecule has 0 aromatic heterocycles. The van der Waals surface area contributed by atoms with Crippen molar-refractivity contribution in [2.24, 2.45) is 10.2 Å². The first kappa shape index (κ1) is 13.5. The quantitative estimate of drug-likeness (QED) is 0.415. The van der Waals surface area contributed by atoms with E-state index in [1.807, 2.05) is 60.7 Å². The summed E-state index contributed by atoms with van der Waals surface area (Å²) in [6.07, 6.45) is 0. The fourth-order valence-corrected chi connectivity index (χ4v) is 1.89. The third kappa shape index (κ3) is 3.09. The summed E-state index contributed by atoms with van der Waals surface area (Å²) in [4.78, 5) is 5.71. The topological polar surface area (TPSA) is 97.5 Å². The van der Waals surface area contributed by atoms with Gasteiger partial charge in [-0.1, -0.05) is 70.9 Å². The third-order valence-electron chi connectivity index (χ3n) is 2.76. The van der Waals surface area contributed by atoms with Gasteiger partial charge in [-0.2, -0.15) is 0 Å². The highest BCUT2D eigenvalue weighted by Gasteiger charge is 2.23. The highest BCUT2D eigenvalue weighted by molar-refractivity contribution is 5.37. The van der Waals surface area contributed by atoms with E-state index in [-0.39, 0.29) is 0 Å². The molecular weight excluding hydrogens is 252 g/mol. The fourth-order valence-electron chi connectivity index (χ4n) is 1.89. The molecule has 0 unspecified atom stereocenters. The van der Waals surface area contributed by atoms with Crippen molar-refractivity contribution in [1.29, 1.82) is 0 Å². The largest absolute Gasteiger partial charge is 0.102 e. The van der Waals surface area contributed by atoms with Gasteiger partial charge in [0.25, 0.3) is 0 Å². The Morgan fingerprint density at radius 1 is 0.850 bits per heavy atom. The molecule has 0 aliphatic heterocycles. The highest BCUT2D eigenvalue weighted by atomic mass is 15.2. The molecule has 6 nitrogen and oxygen atoms in total. The van der Waals surface area contributed by atoms with Gasteiger partial charge >= 0.3 is 0 Å². The Morgan fingerprint density at radius 2 is 1.45 bits per heavy atom. The van der Waals surface area contributed by atoms with E-state index >= 15 is 0 Å². The lowest BCUT2D eigenvalue weighted by atomic mass is 9.95. The summed E-state index contributed by atoms with van der Waals surface area (Å²) in [5, 5.41) is 7.49. The Balaban J connectivity index is 2.49. The highest BCUT2D eigenvalue weighted by Crippen LogP contribution is 2.34. The van der Waals surface area contributed by atoms with Crippen molar-refractivity contribution in [3.05, 3.63) is 98.7 Å². The minimum Gasteiger partial charge on any atom is -0.0848 e. The molecule has 0 saturated heterocycles. The maximum atomic E-state index is 8.77. The smallest absolute Gasteiger partial charge is 0.0848 e. The lowest BCUT2D eigenvalue weighted by Crippen LogP contribution is -2.07. The van der Waals surface area contributed by atoms with Gasteiger partial charge < -0.3 is 0 Å². The summed E-state index contributed by atoms with van der Waals surface area (Å²) in [5.74, 6) is 0. The van der Waals surface area contributed by atoms with Crippen molar-refractivity contribution in [3.8, 4) is 0 Å². The zero-order chi connectivity index (χ0) is 14.2. The van der Waals surface area contributed by atoms with Crippen LogP contribution in [0.25, 0.3) is 20.9 Å². The number of hydrogen-bond acceptors (Lipinski definition) is 2. The second-order valence-electron chi connectivity index (χ2n) is 3.96. The van der Waals surface area contributed by atoms with Crippen LogP contribution in [-0.4, -0.2) is 0 Å². The number of nitrogens with zero attached hydrogens (tertiary/aromatic N) is 6. The maximum Gasteiger partial charge on any atom is 0.102 e. The molecule has 20 heavy (non-hydrogen) atoms. The Hall–Kier alpha value is -2.94. The van der Waals surface area contributed by atoms with Crippen LogP contribution in [0.15, 0.2) is 70.9 Å². The number of benzene rings is 2. The Kier molecular flexibility index (Phi) is 4.62. The van der Waals surface area contributed by atoms with Crippen molar-refractivity contribution >= 4 is 0 Å². The van der Waals surface area contributed by atoms with E-state index < -0.39 is 6.04 Å². The van der Waals surface area contributed by atoms with Crippen molar-refractivity contribution < 1.29 is 0 Å². The van der Waals surface area contributed by atoms with Crippen LogP contribution in [0, 0.1) is 6.04 Å². The second-order valence-corrected chi connectivity index (χ2v) is 3.96. The normalized spacial score (nSPS) is 11.2. The van der Waals surface area contributed by atoms with Gasteiger partial charge in [-0.3, -0.25) is 0 Å². The van der Waals surface area contributed by atoms with E-state index in [1.165, 1.54) is 0 Å². The Labute approximate surface area is 115 Å². The summed E-state index contributed by atoms with van der Waals surface area (Å²) in [5.41, 5.74) is 19.0. The zero-order valence-electron chi connectivity index (χ0n) is 10.5. The van der Waals surface area contributed by atoms with Crippen LogP contribution in [0.3, 0.4) is 0 Å². The summed E-state index contributed by atoms with van der Waals surface area (Å²) < 4.78 is 0. The first-order valence-corrected chi connectivity index (χ1v) is 5.93. The molecule has 2 rings (SSSR count). The van der Waals surface area contributed by atoms with Gasteiger partial charge in [-0.25, -0.2) is 0 Å². The molecule has 0 saturated carbocycles. The molecule has 1 radical (unpaired) electrons. The van der Waals surface area contributed by atoms with E-state index in [9.17, 15) is 0 Å². The van der Waals surface area contributed by atoms with E-state index in [4.69, 9.17) is 11.1 Å². The molecule has 6 heteroatoms. The molecule has 0 spiro atoms. The predicted molar refractivity (Wildman–Crippen MR) is 76.3 cm³/mol. The van der Waals surface area contributed by atoms with Gasteiger partial charge in [-0.05, 0) is 22.2 Å². The number of azide groups is 2. The van der Waals surface area contributed by atoms with E-state index in [1.54, 1.807) is 0 Å². The van der Waals surface area contributed by atoms with Crippen LogP contribution in [0.5, 0.6) is 0 Å². The minimum absolute atomic E-state index is 0.386. The molecule has 0 amide bonds. The van der Waals surface area contributed by atoms with Crippen LogP contribution in [0.1, 0.15) is 17.2 Å². The van der Waals surface area contributed by atoms with E-state index in [0.717, 1.165) is 11.1 Å². The first-order valence-electron chi connectivity index (χ1n) is 5.93. The molecule has 2 aromatic rings. The number of hydrogen-bond donors (Lipinski definition) is 0. The summed E-state index contributed by atoms with van der Waals surface area (Å²) >= 11 is 0. The van der Waals surface area contributed by atoms with Gasteiger partial charge in [0.05, 0.1) is 6.04 Å². The van der Waals surface area contributed by atoms with Crippen LogP contribution < -0.4 is 0 Å². The van der Waals surface area contributed by atoms with E-state index in [0.29, 0.717) is 6.04 Å². The molecule has 0 aliphatic rings. The molecular formula is C14H11N6. The molecule has 0 heterocycles. The Bertz CT molecular complexity index is 582. The second kappa shape index (κ2) is 6.85. The van der Waals surface area contributed by atoms with Gasteiger partial charge in [0.2, 0.25) is 0 Å². The lowest BCUT2D eigenvalue weighted by Gasteiger charge is -2.19. The van der Waals surface area contributed by atoms with Crippen LogP contribution in [0.4, 0.5) is 0 Å². The average Bonchev–Trinajstić information content (AvgIpc) is 2.52. The molecule has 0 aliphatic carbocycles. The molecule has 0 fully saturated rings. The maximum absolute atomic E-state index is 8.77. The SMILES string of the molecule is [N-]=[N+]=N[C](c1ccccc1)[C@H](N=[N+]=[N-])c1ccccc1. The molecule has 0 bridgehead atoms. The molecule has 97 valence electrons. The average molecular weight is 263 g/mol. The van der Waals surface area contributed by atoms with E-state index in [2.05, 4.69) is 20.1 Å². The van der Waals surface area contributed by atoms with Gasteiger partial charge in [0.15, 0.2) is 0 Å². The third-order valence-corrected chi connectivity index (χ3v) is 2.76. The Morgan fingerprint density at radius 3 is 2.00 bits per heavy atom. The van der Waals surface area contributed by atoms with Crippen molar-refractivity contribution in [3.63, 3.8) is 0 Å². The van der Waals surface area contributed by atoms with Crippen molar-refractivity contribution in [1.82, 2.24) is 0 Å². The van der Waals surface area contributed by atoms with Crippen LogP contribution in [-0.2, 0) is 0 Å². The van der Waals surface area contributed by atoms with Crippen molar-refractivity contribution in [2.75, 3.05) is 0 Å². The number of rotatable bonds is 5. The summed E-state index contributed by atoms with van der Waals surface area (Å²) in [7, 11) is 0.